The molecule has 0 aliphatic carbocycles. The number of amides is 2. The van der Waals surface area contributed by atoms with Gasteiger partial charge in [0, 0.05) is 44.7 Å². The predicted molar refractivity (Wildman–Crippen MR) is 102 cm³/mol. The van der Waals surface area contributed by atoms with Crippen LogP contribution in [0.1, 0.15) is 41.5 Å². The Bertz CT molecular complexity index is 591. The fourth-order valence-corrected chi connectivity index (χ4v) is 4.19. The van der Waals surface area contributed by atoms with Crippen molar-refractivity contribution in [1.29, 1.82) is 0 Å². The molecule has 8 nitrogen and oxygen atoms in total. The van der Waals surface area contributed by atoms with Crippen LogP contribution in [0.15, 0.2) is 0 Å². The van der Waals surface area contributed by atoms with E-state index in [-0.39, 0.29) is 29.7 Å². The Morgan fingerprint density at radius 1 is 0.926 bits per heavy atom. The van der Waals surface area contributed by atoms with Crippen molar-refractivity contribution in [2.75, 3.05) is 39.3 Å². The van der Waals surface area contributed by atoms with Crippen LogP contribution in [0.4, 0.5) is 9.59 Å². The second kappa shape index (κ2) is 6.81. The van der Waals surface area contributed by atoms with Crippen LogP contribution >= 0.6 is 0 Å². The van der Waals surface area contributed by atoms with Gasteiger partial charge in [0.05, 0.1) is 12.1 Å². The Balaban J connectivity index is 1.80. The van der Waals surface area contributed by atoms with Gasteiger partial charge in [0.25, 0.3) is 0 Å². The molecule has 3 fully saturated rings. The van der Waals surface area contributed by atoms with Crippen molar-refractivity contribution in [2.45, 2.75) is 64.8 Å². The lowest BCUT2D eigenvalue weighted by molar-refractivity contribution is -0.136. The fraction of sp³-hybridized carbons (Fsp3) is 0.895. The third-order valence-electron chi connectivity index (χ3n) is 5.31. The van der Waals surface area contributed by atoms with Crippen molar-refractivity contribution >= 4 is 12.2 Å². The molecule has 3 heterocycles. The monoisotopic (exact) mass is 382 g/mol. The molecule has 0 bridgehead atoms. The first-order valence-corrected chi connectivity index (χ1v) is 9.83. The standard InChI is InChI=1S/C19H34N4O4/c1-17(2,3)26-15(24)22-8-7-20-9-13(22)14-19(10-21-11-19)12-23(14)16(25)27-18(4,5)6/h13-14,20-21H,7-12H2,1-6H3. The zero-order valence-corrected chi connectivity index (χ0v) is 17.4. The molecular formula is C19H34N4O4. The fourth-order valence-electron chi connectivity index (χ4n) is 4.19. The molecule has 3 rings (SSSR count). The van der Waals surface area contributed by atoms with Crippen LogP contribution in [0.3, 0.4) is 0 Å². The second-order valence-electron chi connectivity index (χ2n) is 9.96. The summed E-state index contributed by atoms with van der Waals surface area (Å²) in [6.45, 7) is 15.5. The lowest BCUT2D eigenvalue weighted by Crippen LogP contribution is -2.83. The SMILES string of the molecule is CC(C)(C)OC(=O)N1CCNCC1C1N(C(=O)OC(C)(C)C)CC12CNC2. The lowest BCUT2D eigenvalue weighted by Gasteiger charge is -2.65. The summed E-state index contributed by atoms with van der Waals surface area (Å²) in [5.41, 5.74) is -1.08. The van der Waals surface area contributed by atoms with Crippen LogP contribution < -0.4 is 10.6 Å². The van der Waals surface area contributed by atoms with Gasteiger partial charge in [-0.1, -0.05) is 0 Å². The van der Waals surface area contributed by atoms with E-state index in [2.05, 4.69) is 10.6 Å². The first-order valence-electron chi connectivity index (χ1n) is 9.83. The van der Waals surface area contributed by atoms with Crippen molar-refractivity contribution in [3.63, 3.8) is 0 Å². The molecule has 3 aliphatic rings. The van der Waals surface area contributed by atoms with Crippen molar-refractivity contribution in [3.8, 4) is 0 Å². The highest BCUT2D eigenvalue weighted by atomic mass is 16.6. The average Bonchev–Trinajstić information content (AvgIpc) is 2.41. The summed E-state index contributed by atoms with van der Waals surface area (Å²) in [5, 5.41) is 6.71. The van der Waals surface area contributed by atoms with E-state index in [0.717, 1.165) is 19.6 Å². The number of likely N-dealkylation sites (tertiary alicyclic amines) is 1. The molecule has 27 heavy (non-hydrogen) atoms. The van der Waals surface area contributed by atoms with Crippen molar-refractivity contribution < 1.29 is 19.1 Å². The van der Waals surface area contributed by atoms with E-state index in [0.29, 0.717) is 19.6 Å². The van der Waals surface area contributed by atoms with E-state index in [1.54, 1.807) is 9.80 Å². The summed E-state index contributed by atoms with van der Waals surface area (Å²) in [5.74, 6) is 0. The number of ether oxygens (including phenoxy) is 2. The van der Waals surface area contributed by atoms with E-state index < -0.39 is 11.2 Å². The zero-order chi connectivity index (χ0) is 20.0. The minimum atomic E-state index is -0.549. The van der Waals surface area contributed by atoms with Crippen molar-refractivity contribution in [1.82, 2.24) is 20.4 Å². The second-order valence-corrected chi connectivity index (χ2v) is 9.96. The van der Waals surface area contributed by atoms with Gasteiger partial charge in [-0.3, -0.25) is 0 Å². The van der Waals surface area contributed by atoms with Crippen LogP contribution in [0.5, 0.6) is 0 Å². The molecule has 0 aromatic heterocycles. The highest BCUT2D eigenvalue weighted by Crippen LogP contribution is 2.45. The molecule has 0 aromatic carbocycles. The number of nitrogens with one attached hydrogen (secondary N) is 2. The largest absolute Gasteiger partial charge is 0.444 e. The van der Waals surface area contributed by atoms with Gasteiger partial charge in [-0.25, -0.2) is 9.59 Å². The molecule has 154 valence electrons. The molecule has 3 saturated heterocycles. The average molecular weight is 383 g/mol. The van der Waals surface area contributed by atoms with E-state index in [1.165, 1.54) is 0 Å². The normalized spacial score (nSPS) is 27.6. The van der Waals surface area contributed by atoms with Crippen LogP contribution in [0.25, 0.3) is 0 Å². The first kappa shape index (κ1) is 20.2. The lowest BCUT2D eigenvalue weighted by atomic mass is 9.64. The van der Waals surface area contributed by atoms with Gasteiger partial charge in [-0.15, -0.1) is 0 Å². The Labute approximate surface area is 161 Å². The molecule has 0 radical (unpaired) electrons. The van der Waals surface area contributed by atoms with E-state index in [1.807, 2.05) is 41.5 Å². The molecule has 1 spiro atoms. The maximum absolute atomic E-state index is 12.8. The highest BCUT2D eigenvalue weighted by Gasteiger charge is 2.62. The summed E-state index contributed by atoms with van der Waals surface area (Å²) >= 11 is 0. The van der Waals surface area contributed by atoms with E-state index >= 15 is 0 Å². The molecule has 2 amide bonds. The Kier molecular flexibility index (Phi) is 5.10. The van der Waals surface area contributed by atoms with Gasteiger partial charge in [-0.2, -0.15) is 0 Å². The molecular weight excluding hydrogens is 348 g/mol. The molecule has 2 atom stereocenters. The smallest absolute Gasteiger partial charge is 0.410 e. The van der Waals surface area contributed by atoms with Gasteiger partial charge in [0.1, 0.15) is 11.2 Å². The number of hydrogen-bond acceptors (Lipinski definition) is 6. The molecule has 0 aromatic rings. The molecule has 2 unspecified atom stereocenters. The maximum atomic E-state index is 12.8. The molecule has 2 N–H and O–H groups in total. The van der Waals surface area contributed by atoms with Gasteiger partial charge < -0.3 is 29.9 Å². The Hall–Kier alpha value is -1.54. The summed E-state index contributed by atoms with van der Waals surface area (Å²) in [6.07, 6.45) is -0.618. The summed E-state index contributed by atoms with van der Waals surface area (Å²) in [6, 6.07) is -0.203. The third kappa shape index (κ3) is 4.16. The Morgan fingerprint density at radius 2 is 1.48 bits per heavy atom. The van der Waals surface area contributed by atoms with Gasteiger partial charge >= 0.3 is 12.2 Å². The third-order valence-corrected chi connectivity index (χ3v) is 5.31. The quantitative estimate of drug-likeness (QED) is 0.713. The predicted octanol–water partition coefficient (Wildman–Crippen LogP) is 1.40. The maximum Gasteiger partial charge on any atom is 0.410 e. The summed E-state index contributed by atoms with van der Waals surface area (Å²) in [7, 11) is 0. The number of hydrogen-bond donors (Lipinski definition) is 2. The van der Waals surface area contributed by atoms with Gasteiger partial charge in [-0.05, 0) is 41.5 Å². The van der Waals surface area contributed by atoms with Gasteiger partial charge in [0.2, 0.25) is 0 Å². The minimum Gasteiger partial charge on any atom is -0.444 e. The van der Waals surface area contributed by atoms with E-state index in [4.69, 9.17) is 9.47 Å². The van der Waals surface area contributed by atoms with Crippen molar-refractivity contribution in [3.05, 3.63) is 0 Å². The number of nitrogens with zero attached hydrogens (tertiary/aromatic N) is 2. The van der Waals surface area contributed by atoms with E-state index in [9.17, 15) is 9.59 Å². The number of carbonyl (C=O) groups is 2. The zero-order valence-electron chi connectivity index (χ0n) is 17.4. The van der Waals surface area contributed by atoms with Crippen LogP contribution in [-0.4, -0.2) is 84.5 Å². The Morgan fingerprint density at radius 3 is 1.96 bits per heavy atom. The number of carbonyl (C=O) groups excluding carboxylic acids is 2. The first-order chi connectivity index (χ1) is 12.4. The van der Waals surface area contributed by atoms with Crippen LogP contribution in [0.2, 0.25) is 0 Å². The van der Waals surface area contributed by atoms with Crippen LogP contribution in [-0.2, 0) is 9.47 Å². The van der Waals surface area contributed by atoms with Crippen molar-refractivity contribution in [2.24, 2.45) is 5.41 Å². The summed E-state index contributed by atoms with van der Waals surface area (Å²) < 4.78 is 11.2. The molecule has 0 saturated carbocycles. The number of piperazine rings is 1. The minimum absolute atomic E-state index is 0.0147. The number of rotatable bonds is 1. The highest BCUT2D eigenvalue weighted by molar-refractivity contribution is 5.72. The van der Waals surface area contributed by atoms with Gasteiger partial charge in [0.15, 0.2) is 0 Å². The van der Waals surface area contributed by atoms with Crippen LogP contribution in [0, 0.1) is 5.41 Å². The molecule has 3 aliphatic heterocycles. The summed E-state index contributed by atoms with van der Waals surface area (Å²) in [4.78, 5) is 29.2. The topological polar surface area (TPSA) is 83.1 Å². The molecule has 8 heteroatoms.